The standard InChI is InChI=1S/C38H56N2.2C11H14O4.Ni/c1-7-9-11-13-14-15-16-17-18-19-20-22-24-38(40-36-28-26-32(4)34(6)30-36)37(23-21-12-10-8-2)39-35-27-25-31(3)33(5)29-35;2*1-2-3-4-7-5-6-8(12)10(13)9(7)11(14)15;/h25-30H,7-21,23H2,1-6H3;2*5-6,12-13H,2-4H2,1H3,(H,14,15);/q;;;+2/p-2. The molecule has 71 heavy (non-hydrogen) atoms. The third kappa shape index (κ3) is 23.9. The van der Waals surface area contributed by atoms with E-state index in [9.17, 15) is 30.0 Å². The molecule has 0 spiro atoms. The van der Waals surface area contributed by atoms with Crippen molar-refractivity contribution in [1.82, 2.24) is 0 Å². The van der Waals surface area contributed by atoms with Crippen molar-refractivity contribution in [3.8, 4) is 34.8 Å². The summed E-state index contributed by atoms with van der Waals surface area (Å²) in [6, 6.07) is 18.5. The van der Waals surface area contributed by atoms with Crippen molar-refractivity contribution in [1.29, 1.82) is 0 Å². The van der Waals surface area contributed by atoms with Crippen molar-refractivity contribution in [2.75, 3.05) is 0 Å². The van der Waals surface area contributed by atoms with Gasteiger partial charge in [-0.3, -0.25) is 4.99 Å². The van der Waals surface area contributed by atoms with E-state index in [2.05, 4.69) is 89.8 Å². The van der Waals surface area contributed by atoms with Gasteiger partial charge in [-0.05, 0) is 148 Å². The average molecular weight is 1020 g/mol. The maximum Gasteiger partial charge on any atom is 2.00 e. The van der Waals surface area contributed by atoms with Gasteiger partial charge in [-0.25, -0.2) is 4.99 Å². The number of carboxylic acid groups (broad SMARTS) is 2. The molecular weight excluding hydrogens is 935 g/mol. The summed E-state index contributed by atoms with van der Waals surface area (Å²) < 4.78 is 0. The van der Waals surface area contributed by atoms with Crippen molar-refractivity contribution in [2.24, 2.45) is 9.98 Å². The van der Waals surface area contributed by atoms with Gasteiger partial charge in [-0.15, -0.1) is 0 Å². The number of aromatic hydroxyl groups is 4. The maximum atomic E-state index is 10.8. The second kappa shape index (κ2) is 36.4. The van der Waals surface area contributed by atoms with Crippen LogP contribution in [-0.4, -0.2) is 43.8 Å². The number of unbranched alkanes of at least 4 members (excludes halogenated alkanes) is 15. The first-order valence-corrected chi connectivity index (χ1v) is 25.9. The Bertz CT molecular complexity index is 2290. The van der Waals surface area contributed by atoms with Crippen molar-refractivity contribution >= 4 is 34.7 Å². The average Bonchev–Trinajstić information content (AvgIpc) is 3.33. The van der Waals surface area contributed by atoms with E-state index in [1.807, 2.05) is 13.8 Å². The molecule has 0 atom stereocenters. The van der Waals surface area contributed by atoms with Crippen LogP contribution in [0, 0.1) is 39.5 Å². The van der Waals surface area contributed by atoms with E-state index in [0.717, 1.165) is 67.7 Å². The number of nitrogens with zero attached hydrogens (tertiary/aromatic N) is 2. The minimum Gasteiger partial charge on any atom is -0.545 e. The van der Waals surface area contributed by atoms with Crippen LogP contribution in [0.25, 0.3) is 0 Å². The molecule has 0 heterocycles. The fourth-order valence-electron chi connectivity index (χ4n) is 7.68. The van der Waals surface area contributed by atoms with Gasteiger partial charge in [0.15, 0.2) is 23.0 Å². The first kappa shape index (κ1) is 63.4. The summed E-state index contributed by atoms with van der Waals surface area (Å²) in [5.41, 5.74) is 9.32. The normalized spacial score (nSPS) is 11.0. The first-order valence-electron chi connectivity index (χ1n) is 25.9. The summed E-state index contributed by atoms with van der Waals surface area (Å²) in [5, 5.41) is 58.6. The Hall–Kier alpha value is -5.59. The SMILES string of the molecule is CCCCCCCCCCCCC#CC(=Nc1ccc(C)c(C)c1)C(CCCCCC)=Nc1ccc(C)c(C)c1.CCCCc1ccc(O)c(O)c1C(=O)[O-].CCCCc1ccc(O)c(O)c1C(=O)[O-].[Ni+2]. The van der Waals surface area contributed by atoms with Gasteiger partial charge in [0.1, 0.15) is 5.71 Å². The molecule has 0 aliphatic carbocycles. The molecule has 0 radical (unpaired) electrons. The summed E-state index contributed by atoms with van der Waals surface area (Å²) in [7, 11) is 0. The van der Waals surface area contributed by atoms with Gasteiger partial charge in [0.25, 0.3) is 0 Å². The molecule has 4 rings (SSSR count). The summed E-state index contributed by atoms with van der Waals surface area (Å²) in [6.07, 6.45) is 24.7. The van der Waals surface area contributed by atoms with E-state index in [1.165, 1.54) is 130 Å². The van der Waals surface area contributed by atoms with Gasteiger partial charge in [0, 0.05) is 17.5 Å². The number of benzene rings is 4. The van der Waals surface area contributed by atoms with E-state index in [0.29, 0.717) is 24.0 Å². The van der Waals surface area contributed by atoms with Gasteiger partial charge < -0.3 is 40.2 Å². The Kier molecular flexibility index (Phi) is 32.5. The zero-order valence-corrected chi connectivity index (χ0v) is 44.9. The van der Waals surface area contributed by atoms with Crippen LogP contribution in [0.15, 0.2) is 70.6 Å². The Morgan fingerprint density at radius 1 is 0.493 bits per heavy atom. The van der Waals surface area contributed by atoms with Crippen LogP contribution in [0.4, 0.5) is 11.4 Å². The Labute approximate surface area is 436 Å². The fraction of sp³-hybridized carbons (Fsp3) is 0.500. The minimum atomic E-state index is -1.46. The predicted octanol–water partition coefficient (Wildman–Crippen LogP) is 13.7. The first-order chi connectivity index (χ1) is 33.6. The molecule has 11 heteroatoms. The fourth-order valence-corrected chi connectivity index (χ4v) is 7.68. The van der Waals surface area contributed by atoms with E-state index in [4.69, 9.17) is 20.2 Å². The van der Waals surface area contributed by atoms with Crippen LogP contribution < -0.4 is 10.2 Å². The molecule has 0 bridgehead atoms. The number of carbonyl (C=O) groups is 2. The van der Waals surface area contributed by atoms with Crippen molar-refractivity contribution in [3.05, 3.63) is 105 Å². The zero-order chi connectivity index (χ0) is 51.8. The minimum absolute atomic E-state index is 0. The van der Waals surface area contributed by atoms with Crippen LogP contribution >= 0.6 is 0 Å². The number of aromatic carboxylic acids is 2. The van der Waals surface area contributed by atoms with Crippen LogP contribution in [0.5, 0.6) is 23.0 Å². The summed E-state index contributed by atoms with van der Waals surface area (Å²) in [6.45, 7) is 17.1. The van der Waals surface area contributed by atoms with E-state index in [1.54, 1.807) is 0 Å². The van der Waals surface area contributed by atoms with Gasteiger partial charge >= 0.3 is 16.5 Å². The number of carbonyl (C=O) groups excluding carboxylic acids is 2. The number of rotatable bonds is 26. The van der Waals surface area contributed by atoms with Crippen molar-refractivity contribution in [3.63, 3.8) is 0 Å². The molecule has 10 nitrogen and oxygen atoms in total. The second-order valence-corrected chi connectivity index (χ2v) is 18.3. The molecule has 0 aliphatic heterocycles. The van der Waals surface area contributed by atoms with Crippen LogP contribution in [0.2, 0.25) is 0 Å². The van der Waals surface area contributed by atoms with Crippen LogP contribution in [0.1, 0.15) is 210 Å². The third-order valence-electron chi connectivity index (χ3n) is 12.4. The summed E-state index contributed by atoms with van der Waals surface area (Å²) in [4.78, 5) is 31.8. The number of hydrogen-bond acceptors (Lipinski definition) is 10. The molecular formula is C60H82N2NiO8. The molecule has 0 saturated heterocycles. The predicted molar refractivity (Wildman–Crippen MR) is 284 cm³/mol. The molecule has 0 fully saturated rings. The summed E-state index contributed by atoms with van der Waals surface area (Å²) >= 11 is 0. The third-order valence-corrected chi connectivity index (χ3v) is 12.4. The molecule has 4 aromatic carbocycles. The Morgan fingerprint density at radius 2 is 0.887 bits per heavy atom. The van der Waals surface area contributed by atoms with Gasteiger partial charge in [-0.2, -0.15) is 0 Å². The summed E-state index contributed by atoms with van der Waals surface area (Å²) in [5.74, 6) is 1.96. The number of phenols is 4. The van der Waals surface area contributed by atoms with E-state index < -0.39 is 34.9 Å². The second-order valence-electron chi connectivity index (χ2n) is 18.3. The maximum absolute atomic E-state index is 10.8. The number of phenolic OH excluding ortho intramolecular Hbond substituents is 2. The molecule has 4 N–H and O–H groups in total. The molecule has 4 aromatic rings. The molecule has 0 saturated carbocycles. The Balaban J connectivity index is 0.000000660. The monoisotopic (exact) mass is 1020 g/mol. The smallest absolute Gasteiger partial charge is 0.545 e. The Morgan fingerprint density at radius 3 is 1.30 bits per heavy atom. The van der Waals surface area contributed by atoms with Gasteiger partial charge in [0.2, 0.25) is 0 Å². The number of carboxylic acids is 2. The molecule has 0 aromatic heterocycles. The largest absolute Gasteiger partial charge is 2.00 e. The van der Waals surface area contributed by atoms with E-state index >= 15 is 0 Å². The molecule has 0 aliphatic rings. The molecule has 390 valence electrons. The number of aryl methyl sites for hydroxylation is 6. The van der Waals surface area contributed by atoms with Crippen molar-refractivity contribution < 1.29 is 56.7 Å². The van der Waals surface area contributed by atoms with Crippen LogP contribution in [-0.2, 0) is 29.3 Å². The van der Waals surface area contributed by atoms with Crippen LogP contribution in [0.3, 0.4) is 0 Å². The molecule has 0 amide bonds. The van der Waals surface area contributed by atoms with Gasteiger partial charge in [-0.1, -0.05) is 148 Å². The number of hydrogen-bond donors (Lipinski definition) is 4. The number of aliphatic imine (C=N–C) groups is 2. The van der Waals surface area contributed by atoms with E-state index in [-0.39, 0.29) is 27.6 Å². The van der Waals surface area contributed by atoms with Gasteiger partial charge in [0.05, 0.1) is 29.0 Å². The molecule has 0 unspecified atom stereocenters. The quantitative estimate of drug-likeness (QED) is 0.0157. The zero-order valence-electron chi connectivity index (χ0n) is 44.0. The topological polar surface area (TPSA) is 186 Å². The van der Waals surface area contributed by atoms with Crippen molar-refractivity contribution in [2.45, 2.75) is 197 Å².